The molecular weight excluding hydrogens is 310 g/mol. The lowest BCUT2D eigenvalue weighted by Crippen LogP contribution is -2.47. The highest BCUT2D eigenvalue weighted by molar-refractivity contribution is 5.80. The molecule has 1 amide bonds. The van der Waals surface area contributed by atoms with Gasteiger partial charge in [0.2, 0.25) is 0 Å². The van der Waals surface area contributed by atoms with Crippen LogP contribution in [0.2, 0.25) is 0 Å². The number of fused-ring (bicyclic) bond motifs is 1. The molecule has 1 atom stereocenters. The predicted molar refractivity (Wildman–Crippen MR) is 89.3 cm³/mol. The molecule has 0 aromatic heterocycles. The number of hydrogen-bond acceptors (Lipinski definition) is 5. The number of amides is 1. The van der Waals surface area contributed by atoms with Gasteiger partial charge in [0.15, 0.2) is 6.29 Å². The van der Waals surface area contributed by atoms with Crippen LogP contribution in [-0.2, 0) is 17.6 Å². The molecule has 1 aliphatic carbocycles. The van der Waals surface area contributed by atoms with Gasteiger partial charge >= 0.3 is 6.09 Å². The van der Waals surface area contributed by atoms with Crippen molar-refractivity contribution in [1.82, 2.24) is 4.90 Å². The number of phenolic OH excluding ortho intramolecular Hbond substituents is 1. The second-order valence-electron chi connectivity index (χ2n) is 7.05. The Kier molecular flexibility index (Phi) is 5.49. The predicted octanol–water partition coefficient (Wildman–Crippen LogP) is 2.29. The van der Waals surface area contributed by atoms with Gasteiger partial charge in [-0.25, -0.2) is 4.79 Å². The number of aromatic hydroxyl groups is 1. The topological polar surface area (TPSA) is 87.1 Å². The molecule has 6 heteroatoms. The Morgan fingerprint density at radius 2 is 2.12 bits per heavy atom. The highest BCUT2D eigenvalue weighted by Gasteiger charge is 2.31. The Hall–Kier alpha value is -2.08. The number of benzene rings is 1. The van der Waals surface area contributed by atoms with Gasteiger partial charge in [-0.15, -0.1) is 0 Å². The van der Waals surface area contributed by atoms with Gasteiger partial charge in [0, 0.05) is 12.6 Å². The van der Waals surface area contributed by atoms with Crippen molar-refractivity contribution in [2.45, 2.75) is 51.7 Å². The highest BCUT2D eigenvalue weighted by Crippen LogP contribution is 2.33. The first kappa shape index (κ1) is 18.3. The number of carbonyl (C=O) groups excluding carboxylic acids is 2. The van der Waals surface area contributed by atoms with Crippen LogP contribution in [0.3, 0.4) is 0 Å². The van der Waals surface area contributed by atoms with E-state index in [9.17, 15) is 19.8 Å². The van der Waals surface area contributed by atoms with Crippen molar-refractivity contribution in [2.75, 3.05) is 13.2 Å². The first-order valence-electron chi connectivity index (χ1n) is 8.16. The first-order chi connectivity index (χ1) is 11.3. The normalized spacial score (nSPS) is 17.1. The van der Waals surface area contributed by atoms with Gasteiger partial charge in [0.05, 0.1) is 12.2 Å². The summed E-state index contributed by atoms with van der Waals surface area (Å²) in [6, 6.07) is 3.30. The van der Waals surface area contributed by atoms with Gasteiger partial charge < -0.3 is 19.8 Å². The maximum Gasteiger partial charge on any atom is 0.410 e. The summed E-state index contributed by atoms with van der Waals surface area (Å²) in [5.41, 5.74) is 1.37. The lowest BCUT2D eigenvalue weighted by Gasteiger charge is -2.36. The zero-order chi connectivity index (χ0) is 17.9. The molecular formula is C18H25NO5. The van der Waals surface area contributed by atoms with Crippen molar-refractivity contribution in [1.29, 1.82) is 0 Å². The third-order valence-corrected chi connectivity index (χ3v) is 4.13. The summed E-state index contributed by atoms with van der Waals surface area (Å²) in [7, 11) is 0. The molecule has 0 spiro atoms. The van der Waals surface area contributed by atoms with Crippen LogP contribution < -0.4 is 0 Å². The first-order valence-corrected chi connectivity index (χ1v) is 8.16. The molecule has 2 N–H and O–H groups in total. The van der Waals surface area contributed by atoms with Crippen molar-refractivity contribution in [3.63, 3.8) is 0 Å². The van der Waals surface area contributed by atoms with E-state index < -0.39 is 11.7 Å². The molecule has 0 bridgehead atoms. The minimum atomic E-state index is -0.603. The second-order valence-corrected chi connectivity index (χ2v) is 7.05. The van der Waals surface area contributed by atoms with Crippen molar-refractivity contribution >= 4 is 12.4 Å². The van der Waals surface area contributed by atoms with E-state index in [0.717, 1.165) is 11.1 Å². The number of phenols is 1. The zero-order valence-corrected chi connectivity index (χ0v) is 14.4. The molecule has 1 aromatic carbocycles. The summed E-state index contributed by atoms with van der Waals surface area (Å²) in [6.45, 7) is 5.47. The molecule has 0 saturated heterocycles. The molecule has 24 heavy (non-hydrogen) atoms. The van der Waals surface area contributed by atoms with E-state index >= 15 is 0 Å². The van der Waals surface area contributed by atoms with Crippen LogP contribution in [0.1, 0.15) is 48.7 Å². The van der Waals surface area contributed by atoms with E-state index in [1.807, 2.05) is 6.07 Å². The van der Waals surface area contributed by atoms with Crippen LogP contribution in [0.4, 0.5) is 4.79 Å². The van der Waals surface area contributed by atoms with E-state index in [0.29, 0.717) is 25.5 Å². The zero-order valence-electron chi connectivity index (χ0n) is 14.4. The quantitative estimate of drug-likeness (QED) is 0.825. The molecule has 0 radical (unpaired) electrons. The summed E-state index contributed by atoms with van der Waals surface area (Å²) < 4.78 is 5.43. The van der Waals surface area contributed by atoms with E-state index in [1.54, 1.807) is 31.7 Å². The summed E-state index contributed by atoms with van der Waals surface area (Å²) in [5, 5.41) is 19.4. The highest BCUT2D eigenvalue weighted by atomic mass is 16.6. The van der Waals surface area contributed by atoms with Gasteiger partial charge in [-0.05, 0) is 57.2 Å². The molecule has 1 unspecified atom stereocenters. The molecule has 2 rings (SSSR count). The third kappa shape index (κ3) is 4.06. The van der Waals surface area contributed by atoms with Crippen LogP contribution in [0, 0.1) is 0 Å². The summed E-state index contributed by atoms with van der Waals surface area (Å²) in [5.74, 6) is 0.0342. The minimum Gasteiger partial charge on any atom is -0.507 e. The molecule has 6 nitrogen and oxygen atoms in total. The van der Waals surface area contributed by atoms with E-state index in [1.165, 1.54) is 0 Å². The fourth-order valence-electron chi connectivity index (χ4n) is 3.05. The van der Waals surface area contributed by atoms with Crippen LogP contribution in [0.5, 0.6) is 5.75 Å². The smallest absolute Gasteiger partial charge is 0.410 e. The lowest BCUT2D eigenvalue weighted by atomic mass is 9.86. The monoisotopic (exact) mass is 335 g/mol. The number of aldehydes is 1. The maximum atomic E-state index is 12.4. The molecule has 0 heterocycles. The number of hydrogen-bond donors (Lipinski definition) is 2. The Morgan fingerprint density at radius 1 is 1.42 bits per heavy atom. The average molecular weight is 335 g/mol. The second kappa shape index (κ2) is 7.21. The molecule has 0 saturated carbocycles. The fraction of sp³-hybridized carbons (Fsp3) is 0.556. The fourth-order valence-corrected chi connectivity index (χ4v) is 3.05. The lowest BCUT2D eigenvalue weighted by molar-refractivity contribution is 0.0108. The Balaban J connectivity index is 2.21. The summed E-state index contributed by atoms with van der Waals surface area (Å²) in [4.78, 5) is 24.9. The average Bonchev–Trinajstić information content (AvgIpc) is 2.51. The SMILES string of the molecule is CC(C)(C)OC(=O)N(CCO)C1CCc2c(ccc(C=O)c2O)C1. The molecule has 0 fully saturated rings. The van der Waals surface area contributed by atoms with Crippen LogP contribution >= 0.6 is 0 Å². The largest absolute Gasteiger partial charge is 0.507 e. The standard InChI is InChI=1S/C18H25NO5/c1-18(2,3)24-17(23)19(8-9-20)14-6-7-15-12(10-14)4-5-13(11-21)16(15)22/h4-5,11,14,20,22H,6-10H2,1-3H3. The summed E-state index contributed by atoms with van der Waals surface area (Å²) in [6.07, 6.45) is 1.96. The van der Waals surface area contributed by atoms with Crippen LogP contribution in [0.15, 0.2) is 12.1 Å². The number of carbonyl (C=O) groups is 2. The van der Waals surface area contributed by atoms with Crippen molar-refractivity contribution in [3.05, 3.63) is 28.8 Å². The van der Waals surface area contributed by atoms with E-state index in [4.69, 9.17) is 4.74 Å². The Morgan fingerprint density at radius 3 is 2.71 bits per heavy atom. The molecule has 1 aromatic rings. The van der Waals surface area contributed by atoms with Gasteiger partial charge in [-0.3, -0.25) is 4.79 Å². The van der Waals surface area contributed by atoms with Crippen molar-refractivity contribution < 1.29 is 24.5 Å². The van der Waals surface area contributed by atoms with Gasteiger partial charge in [0.1, 0.15) is 11.4 Å². The van der Waals surface area contributed by atoms with Gasteiger partial charge in [-0.2, -0.15) is 0 Å². The summed E-state index contributed by atoms with van der Waals surface area (Å²) >= 11 is 0. The third-order valence-electron chi connectivity index (χ3n) is 4.13. The maximum absolute atomic E-state index is 12.4. The number of rotatable bonds is 4. The molecule has 132 valence electrons. The van der Waals surface area contributed by atoms with Gasteiger partial charge in [-0.1, -0.05) is 6.07 Å². The number of aliphatic hydroxyl groups is 1. The van der Waals surface area contributed by atoms with Crippen molar-refractivity contribution in [2.24, 2.45) is 0 Å². The molecule has 1 aliphatic rings. The van der Waals surface area contributed by atoms with Gasteiger partial charge in [0.25, 0.3) is 0 Å². The number of aliphatic hydroxyl groups excluding tert-OH is 1. The van der Waals surface area contributed by atoms with Crippen LogP contribution in [-0.4, -0.2) is 52.3 Å². The number of ether oxygens (including phenoxy) is 1. The number of nitrogens with zero attached hydrogens (tertiary/aromatic N) is 1. The van der Waals surface area contributed by atoms with E-state index in [-0.39, 0.29) is 30.5 Å². The Bertz CT molecular complexity index is 621. The Labute approximate surface area is 142 Å². The van der Waals surface area contributed by atoms with Crippen molar-refractivity contribution in [3.8, 4) is 5.75 Å². The minimum absolute atomic E-state index is 0.0342. The van der Waals surface area contributed by atoms with E-state index in [2.05, 4.69) is 0 Å². The van der Waals surface area contributed by atoms with Crippen LogP contribution in [0.25, 0.3) is 0 Å². The molecule has 0 aliphatic heterocycles.